The van der Waals surface area contributed by atoms with Crippen LogP contribution in [-0.2, 0) is 19.5 Å². The van der Waals surface area contributed by atoms with Crippen LogP contribution < -0.4 is 15.4 Å². The largest absolute Gasteiger partial charge is 0.434 e. The number of aliphatic imine (C=N–C) groups is 1. The molecule has 144 valence electrons. The molecule has 0 aliphatic rings. The van der Waals surface area contributed by atoms with Gasteiger partial charge in [-0.15, -0.1) is 24.0 Å². The van der Waals surface area contributed by atoms with Gasteiger partial charge in [0.1, 0.15) is 5.75 Å². The van der Waals surface area contributed by atoms with Crippen molar-refractivity contribution in [1.29, 1.82) is 0 Å². The average Bonchev–Trinajstić information content (AvgIpc) is 3.06. The van der Waals surface area contributed by atoms with Crippen molar-refractivity contribution in [3.63, 3.8) is 0 Å². The van der Waals surface area contributed by atoms with Gasteiger partial charge in [-0.2, -0.15) is 8.78 Å². The number of nitrogens with one attached hydrogen (secondary N) is 2. The Hall–Kier alpha value is -1.91. The molecule has 1 aromatic carbocycles. The van der Waals surface area contributed by atoms with Gasteiger partial charge in [-0.3, -0.25) is 0 Å². The molecule has 9 heteroatoms. The Balaban J connectivity index is 0.00000338. The predicted octanol–water partition coefficient (Wildman–Crippen LogP) is 3.71. The average molecular weight is 480 g/mol. The summed E-state index contributed by atoms with van der Waals surface area (Å²) < 4.78 is 34.6. The van der Waals surface area contributed by atoms with Crippen LogP contribution in [0.25, 0.3) is 0 Å². The fourth-order valence-corrected chi connectivity index (χ4v) is 2.13. The van der Waals surface area contributed by atoms with Crippen LogP contribution in [0, 0.1) is 0 Å². The Bertz CT molecular complexity index is 695. The molecule has 6 nitrogen and oxygen atoms in total. The van der Waals surface area contributed by atoms with Crippen molar-refractivity contribution in [1.82, 2.24) is 15.8 Å². The number of rotatable bonds is 8. The first-order chi connectivity index (χ1) is 12.1. The Morgan fingerprint density at radius 2 is 2.04 bits per heavy atom. The van der Waals surface area contributed by atoms with Crippen LogP contribution in [0.3, 0.4) is 0 Å². The molecule has 0 aliphatic heterocycles. The molecule has 0 aliphatic carbocycles. The van der Waals surface area contributed by atoms with Gasteiger partial charge in [-0.1, -0.05) is 30.3 Å². The van der Waals surface area contributed by atoms with E-state index in [2.05, 4.69) is 25.5 Å². The highest BCUT2D eigenvalue weighted by atomic mass is 127. The predicted molar refractivity (Wildman–Crippen MR) is 106 cm³/mol. The summed E-state index contributed by atoms with van der Waals surface area (Å²) >= 11 is 0. The van der Waals surface area contributed by atoms with Crippen molar-refractivity contribution in [2.24, 2.45) is 4.99 Å². The van der Waals surface area contributed by atoms with Gasteiger partial charge < -0.3 is 19.9 Å². The quantitative estimate of drug-likeness (QED) is 0.343. The van der Waals surface area contributed by atoms with E-state index in [9.17, 15) is 8.78 Å². The molecule has 0 saturated carbocycles. The van der Waals surface area contributed by atoms with E-state index < -0.39 is 6.61 Å². The monoisotopic (exact) mass is 480 g/mol. The van der Waals surface area contributed by atoms with Crippen molar-refractivity contribution < 1.29 is 18.0 Å². The third-order valence-corrected chi connectivity index (χ3v) is 3.34. The zero-order valence-corrected chi connectivity index (χ0v) is 17.0. The molecule has 2 aromatic rings. The second kappa shape index (κ2) is 11.7. The van der Waals surface area contributed by atoms with Crippen LogP contribution in [0.5, 0.6) is 5.75 Å². The van der Waals surface area contributed by atoms with E-state index in [0.29, 0.717) is 30.4 Å². The smallest absolute Gasteiger partial charge is 0.387 e. The standard InChI is InChI=1S/C17H22F2N4O2.HI/c1-3-13-9-14(25-23-13)11-22-17(20-4-2)21-10-12-7-5-6-8-15(12)24-16(18)19;/h5-9,16H,3-4,10-11H2,1-2H3,(H2,20,21,22);1H. The van der Waals surface area contributed by atoms with E-state index in [1.165, 1.54) is 6.07 Å². The molecule has 0 unspecified atom stereocenters. The number of hydrogen-bond acceptors (Lipinski definition) is 4. The number of aromatic nitrogens is 1. The third kappa shape index (κ3) is 7.14. The number of ether oxygens (including phenoxy) is 1. The van der Waals surface area contributed by atoms with Gasteiger partial charge >= 0.3 is 6.61 Å². The Kier molecular flexibility index (Phi) is 9.92. The summed E-state index contributed by atoms with van der Waals surface area (Å²) in [5, 5.41) is 10.1. The lowest BCUT2D eigenvalue weighted by Gasteiger charge is -2.12. The van der Waals surface area contributed by atoms with Gasteiger partial charge in [-0.25, -0.2) is 4.99 Å². The van der Waals surface area contributed by atoms with Gasteiger partial charge in [0, 0.05) is 18.2 Å². The highest BCUT2D eigenvalue weighted by Gasteiger charge is 2.09. The van der Waals surface area contributed by atoms with E-state index in [1.54, 1.807) is 18.2 Å². The zero-order chi connectivity index (χ0) is 18.1. The molecule has 2 rings (SSSR count). The van der Waals surface area contributed by atoms with Gasteiger partial charge in [0.15, 0.2) is 11.7 Å². The van der Waals surface area contributed by atoms with Gasteiger partial charge in [0.2, 0.25) is 0 Å². The molecule has 0 amide bonds. The molecule has 0 atom stereocenters. The second-order valence-electron chi connectivity index (χ2n) is 5.17. The van der Waals surface area contributed by atoms with Crippen LogP contribution in [-0.4, -0.2) is 24.3 Å². The van der Waals surface area contributed by atoms with Crippen molar-refractivity contribution in [3.8, 4) is 5.75 Å². The first kappa shape index (κ1) is 22.1. The van der Waals surface area contributed by atoms with Gasteiger partial charge in [-0.05, 0) is 19.4 Å². The van der Waals surface area contributed by atoms with Crippen LogP contribution in [0.1, 0.15) is 30.9 Å². The van der Waals surface area contributed by atoms with Crippen molar-refractivity contribution in [2.75, 3.05) is 6.54 Å². The minimum absolute atomic E-state index is 0. The number of benzene rings is 1. The molecule has 0 bridgehead atoms. The van der Waals surface area contributed by atoms with E-state index in [4.69, 9.17) is 4.52 Å². The SMILES string of the molecule is CCNC(=NCc1ccccc1OC(F)F)NCc1cc(CC)no1.I. The number of alkyl halides is 2. The summed E-state index contributed by atoms with van der Waals surface area (Å²) in [4.78, 5) is 4.40. The molecule has 0 spiro atoms. The number of hydrogen-bond donors (Lipinski definition) is 2. The Morgan fingerprint density at radius 1 is 1.27 bits per heavy atom. The van der Waals surface area contributed by atoms with Gasteiger partial charge in [0.05, 0.1) is 18.8 Å². The Labute approximate surface area is 168 Å². The minimum Gasteiger partial charge on any atom is -0.434 e. The maximum Gasteiger partial charge on any atom is 0.387 e. The first-order valence-corrected chi connectivity index (χ1v) is 8.11. The van der Waals surface area contributed by atoms with Crippen molar-refractivity contribution >= 4 is 29.9 Å². The molecule has 26 heavy (non-hydrogen) atoms. The number of nitrogens with zero attached hydrogens (tertiary/aromatic N) is 2. The zero-order valence-electron chi connectivity index (χ0n) is 14.7. The maximum absolute atomic E-state index is 12.5. The lowest BCUT2D eigenvalue weighted by Crippen LogP contribution is -2.36. The molecular weight excluding hydrogens is 457 g/mol. The molecular formula is C17H23F2IN4O2. The van der Waals surface area contributed by atoms with E-state index >= 15 is 0 Å². The normalized spacial score (nSPS) is 11.2. The third-order valence-electron chi connectivity index (χ3n) is 3.34. The number of guanidine groups is 1. The number of halogens is 3. The highest BCUT2D eigenvalue weighted by molar-refractivity contribution is 14.0. The van der Waals surface area contributed by atoms with E-state index in [-0.39, 0.29) is 36.3 Å². The van der Waals surface area contributed by atoms with Gasteiger partial charge in [0.25, 0.3) is 0 Å². The molecule has 0 saturated heterocycles. The summed E-state index contributed by atoms with van der Waals surface area (Å²) in [6.45, 7) is 2.37. The van der Waals surface area contributed by atoms with E-state index in [1.807, 2.05) is 19.9 Å². The summed E-state index contributed by atoms with van der Waals surface area (Å²) in [5.41, 5.74) is 1.46. The molecule has 1 aromatic heterocycles. The Morgan fingerprint density at radius 3 is 2.69 bits per heavy atom. The minimum atomic E-state index is -2.87. The van der Waals surface area contributed by atoms with E-state index in [0.717, 1.165) is 12.1 Å². The highest BCUT2D eigenvalue weighted by Crippen LogP contribution is 2.20. The molecule has 2 N–H and O–H groups in total. The van der Waals surface area contributed by atoms with Crippen LogP contribution >= 0.6 is 24.0 Å². The lowest BCUT2D eigenvalue weighted by molar-refractivity contribution is -0.0504. The fraction of sp³-hybridized carbons (Fsp3) is 0.412. The van der Waals surface area contributed by atoms with Crippen molar-refractivity contribution in [2.45, 2.75) is 40.0 Å². The number of para-hydroxylation sites is 1. The second-order valence-corrected chi connectivity index (χ2v) is 5.17. The van der Waals surface area contributed by atoms with Crippen LogP contribution in [0.4, 0.5) is 8.78 Å². The van der Waals surface area contributed by atoms with Crippen LogP contribution in [0.15, 0.2) is 39.8 Å². The topological polar surface area (TPSA) is 71.7 Å². The maximum atomic E-state index is 12.5. The fourth-order valence-electron chi connectivity index (χ4n) is 2.13. The molecule has 1 heterocycles. The number of aryl methyl sites for hydroxylation is 1. The molecule has 0 radical (unpaired) electrons. The summed E-state index contributed by atoms with van der Waals surface area (Å²) in [6.07, 6.45) is 0.804. The molecule has 0 fully saturated rings. The summed E-state index contributed by atoms with van der Waals surface area (Å²) in [5.74, 6) is 1.37. The first-order valence-electron chi connectivity index (χ1n) is 8.11. The summed E-state index contributed by atoms with van der Waals surface area (Å²) in [6, 6.07) is 8.48. The van der Waals surface area contributed by atoms with Crippen LogP contribution in [0.2, 0.25) is 0 Å². The lowest BCUT2D eigenvalue weighted by atomic mass is 10.2. The summed E-state index contributed by atoms with van der Waals surface area (Å²) in [7, 11) is 0. The van der Waals surface area contributed by atoms with Crippen molar-refractivity contribution in [3.05, 3.63) is 47.3 Å².